The molecule has 0 unspecified atom stereocenters. The molecule has 0 aromatic carbocycles. The molecular weight excluding hydrogens is 168 g/mol. The molecular formula is C9H8N2O2. The van der Waals surface area contributed by atoms with Crippen LogP contribution in [0.2, 0.25) is 0 Å². The summed E-state index contributed by atoms with van der Waals surface area (Å²) in [5, 5.41) is 0. The van der Waals surface area contributed by atoms with Gasteiger partial charge < -0.3 is 4.74 Å². The average Bonchev–Trinajstić information content (AvgIpc) is 2.16. The first-order valence-electron chi connectivity index (χ1n) is 3.83. The zero-order valence-corrected chi connectivity index (χ0v) is 7.10. The van der Waals surface area contributed by atoms with Gasteiger partial charge in [0.15, 0.2) is 11.6 Å². The Morgan fingerprint density at radius 3 is 2.92 bits per heavy atom. The Hall–Kier alpha value is -1.84. The lowest BCUT2D eigenvalue weighted by Gasteiger charge is -2.22. The van der Waals surface area contributed by atoms with Crippen LogP contribution in [0.15, 0.2) is 30.6 Å². The molecule has 66 valence electrons. The molecule has 0 bridgehead atoms. The summed E-state index contributed by atoms with van der Waals surface area (Å²) in [7, 11) is 1.55. The number of aromatic nitrogens is 1. The molecule has 2 rings (SSSR count). The van der Waals surface area contributed by atoms with Crippen molar-refractivity contribution < 1.29 is 9.53 Å². The van der Waals surface area contributed by atoms with Crippen molar-refractivity contribution >= 4 is 11.7 Å². The monoisotopic (exact) mass is 176 g/mol. The number of methoxy groups -OCH3 is 1. The zero-order valence-electron chi connectivity index (χ0n) is 7.10. The van der Waals surface area contributed by atoms with Crippen LogP contribution < -0.4 is 9.64 Å². The standard InChI is InChI=1S/C9H8N2O2/c1-13-7-3-2-5-10-9(7)11-6-4-8(11)12/h2-6H,1H3. The van der Waals surface area contributed by atoms with Crippen LogP contribution in [-0.2, 0) is 4.79 Å². The topological polar surface area (TPSA) is 42.4 Å². The molecule has 0 saturated heterocycles. The van der Waals surface area contributed by atoms with Gasteiger partial charge in [-0.1, -0.05) is 0 Å². The Bertz CT molecular complexity index is 374. The summed E-state index contributed by atoms with van der Waals surface area (Å²) >= 11 is 0. The maximum absolute atomic E-state index is 11.0. The number of hydrogen-bond donors (Lipinski definition) is 0. The van der Waals surface area contributed by atoms with Crippen LogP contribution in [0.3, 0.4) is 0 Å². The molecule has 0 atom stereocenters. The van der Waals surface area contributed by atoms with E-state index in [1.54, 1.807) is 31.6 Å². The van der Waals surface area contributed by atoms with Gasteiger partial charge in [0.1, 0.15) is 0 Å². The summed E-state index contributed by atoms with van der Waals surface area (Å²) in [5.41, 5.74) is 0. The Kier molecular flexibility index (Phi) is 1.73. The number of nitrogens with zero attached hydrogens (tertiary/aromatic N) is 2. The molecule has 1 amide bonds. The van der Waals surface area contributed by atoms with Crippen LogP contribution in [-0.4, -0.2) is 18.0 Å². The van der Waals surface area contributed by atoms with E-state index >= 15 is 0 Å². The van der Waals surface area contributed by atoms with Crippen molar-refractivity contribution in [2.24, 2.45) is 0 Å². The van der Waals surface area contributed by atoms with Crippen molar-refractivity contribution in [2.75, 3.05) is 12.0 Å². The van der Waals surface area contributed by atoms with Crippen LogP contribution in [0.4, 0.5) is 5.82 Å². The summed E-state index contributed by atoms with van der Waals surface area (Å²) in [6.45, 7) is 0. The largest absolute Gasteiger partial charge is 0.493 e. The highest BCUT2D eigenvalue weighted by Gasteiger charge is 2.22. The van der Waals surface area contributed by atoms with E-state index < -0.39 is 0 Å². The van der Waals surface area contributed by atoms with Gasteiger partial charge in [-0.25, -0.2) is 4.98 Å². The van der Waals surface area contributed by atoms with Gasteiger partial charge in [0, 0.05) is 18.5 Å². The minimum absolute atomic E-state index is 0.0722. The fraction of sp³-hybridized carbons (Fsp3) is 0.111. The van der Waals surface area contributed by atoms with E-state index in [0.717, 1.165) is 0 Å². The first-order chi connectivity index (χ1) is 6.33. The summed E-state index contributed by atoms with van der Waals surface area (Å²) in [5.74, 6) is 1.06. The molecule has 0 saturated carbocycles. The van der Waals surface area contributed by atoms with E-state index in [4.69, 9.17) is 4.74 Å². The molecule has 0 N–H and O–H groups in total. The third kappa shape index (κ3) is 1.16. The van der Waals surface area contributed by atoms with Crippen molar-refractivity contribution in [3.05, 3.63) is 30.6 Å². The van der Waals surface area contributed by atoms with Crippen molar-refractivity contribution in [1.82, 2.24) is 4.98 Å². The van der Waals surface area contributed by atoms with Crippen molar-refractivity contribution in [2.45, 2.75) is 0 Å². The van der Waals surface area contributed by atoms with Gasteiger partial charge in [-0.2, -0.15) is 0 Å². The Morgan fingerprint density at radius 2 is 2.38 bits per heavy atom. The molecule has 13 heavy (non-hydrogen) atoms. The predicted octanol–water partition coefficient (Wildman–Crippen LogP) is 0.950. The number of ether oxygens (including phenoxy) is 1. The second kappa shape index (κ2) is 2.90. The minimum atomic E-state index is -0.0722. The number of rotatable bonds is 2. The molecule has 1 aromatic rings. The average molecular weight is 176 g/mol. The quantitative estimate of drug-likeness (QED) is 0.673. The Morgan fingerprint density at radius 1 is 1.54 bits per heavy atom. The van der Waals surface area contributed by atoms with Gasteiger partial charge in [-0.3, -0.25) is 9.69 Å². The van der Waals surface area contributed by atoms with Crippen molar-refractivity contribution in [1.29, 1.82) is 0 Å². The van der Waals surface area contributed by atoms with Gasteiger partial charge >= 0.3 is 0 Å². The van der Waals surface area contributed by atoms with Gasteiger partial charge in [0.2, 0.25) is 0 Å². The Labute approximate surface area is 75.5 Å². The van der Waals surface area contributed by atoms with E-state index in [2.05, 4.69) is 4.98 Å². The Balaban J connectivity index is 2.39. The molecule has 0 aliphatic carbocycles. The lowest BCUT2D eigenvalue weighted by molar-refractivity contribution is -0.114. The maximum Gasteiger partial charge on any atom is 0.257 e. The number of pyridine rings is 1. The van der Waals surface area contributed by atoms with E-state index in [1.165, 1.54) is 11.0 Å². The number of carbonyl (C=O) groups is 1. The highest BCUT2D eigenvalue weighted by molar-refractivity contribution is 6.09. The van der Waals surface area contributed by atoms with E-state index in [1.807, 2.05) is 0 Å². The third-order valence-electron chi connectivity index (χ3n) is 1.80. The van der Waals surface area contributed by atoms with Gasteiger partial charge in [0.05, 0.1) is 7.11 Å². The molecule has 1 aliphatic rings. The highest BCUT2D eigenvalue weighted by atomic mass is 16.5. The number of amides is 1. The normalized spacial score (nSPS) is 14.2. The fourth-order valence-electron chi connectivity index (χ4n) is 1.11. The van der Waals surface area contributed by atoms with Crippen LogP contribution in [0.5, 0.6) is 5.75 Å². The molecule has 1 aromatic heterocycles. The summed E-state index contributed by atoms with van der Waals surface area (Å²) in [4.78, 5) is 16.5. The number of carbonyl (C=O) groups excluding carboxylic acids is 1. The van der Waals surface area contributed by atoms with E-state index in [9.17, 15) is 4.79 Å². The van der Waals surface area contributed by atoms with Crippen molar-refractivity contribution in [3.63, 3.8) is 0 Å². The molecule has 4 nitrogen and oxygen atoms in total. The SMILES string of the molecule is COc1cccnc1N1C=CC1=O. The molecule has 0 fully saturated rings. The molecule has 2 heterocycles. The molecule has 1 aliphatic heterocycles. The van der Waals surface area contributed by atoms with Crippen LogP contribution in [0.1, 0.15) is 0 Å². The second-order valence-electron chi connectivity index (χ2n) is 2.55. The van der Waals surface area contributed by atoms with Gasteiger partial charge in [-0.05, 0) is 12.1 Å². The second-order valence-corrected chi connectivity index (χ2v) is 2.55. The predicted molar refractivity (Wildman–Crippen MR) is 47.4 cm³/mol. The highest BCUT2D eigenvalue weighted by Crippen LogP contribution is 2.27. The third-order valence-corrected chi connectivity index (χ3v) is 1.80. The lowest BCUT2D eigenvalue weighted by Crippen LogP contribution is -2.31. The molecule has 0 spiro atoms. The van der Waals surface area contributed by atoms with Gasteiger partial charge in [0.25, 0.3) is 5.91 Å². The van der Waals surface area contributed by atoms with Crippen molar-refractivity contribution in [3.8, 4) is 5.75 Å². The van der Waals surface area contributed by atoms with Crippen LogP contribution in [0.25, 0.3) is 0 Å². The van der Waals surface area contributed by atoms with Crippen LogP contribution >= 0.6 is 0 Å². The minimum Gasteiger partial charge on any atom is -0.493 e. The van der Waals surface area contributed by atoms with E-state index in [0.29, 0.717) is 11.6 Å². The maximum atomic E-state index is 11.0. The summed E-state index contributed by atoms with van der Waals surface area (Å²) in [6, 6.07) is 3.53. The van der Waals surface area contributed by atoms with Crippen LogP contribution in [0, 0.1) is 0 Å². The summed E-state index contributed by atoms with van der Waals surface area (Å²) in [6.07, 6.45) is 4.76. The molecule has 4 heteroatoms. The smallest absolute Gasteiger partial charge is 0.257 e. The summed E-state index contributed by atoms with van der Waals surface area (Å²) < 4.78 is 5.06. The molecule has 0 radical (unpaired) electrons. The lowest BCUT2D eigenvalue weighted by atomic mass is 10.3. The van der Waals surface area contributed by atoms with E-state index in [-0.39, 0.29) is 5.91 Å². The number of anilines is 1. The first-order valence-corrected chi connectivity index (χ1v) is 3.83. The zero-order chi connectivity index (χ0) is 9.26. The fourth-order valence-corrected chi connectivity index (χ4v) is 1.11. The number of hydrogen-bond acceptors (Lipinski definition) is 3. The van der Waals surface area contributed by atoms with Gasteiger partial charge in [-0.15, -0.1) is 0 Å². The first kappa shape index (κ1) is 7.79.